The number of carboxylic acid groups (broad SMARTS) is 1. The zero-order valence-corrected chi connectivity index (χ0v) is 13.5. The van der Waals surface area contributed by atoms with Gasteiger partial charge in [0.25, 0.3) is 0 Å². The van der Waals surface area contributed by atoms with Crippen LogP contribution in [-0.4, -0.2) is 81.9 Å². The topological polar surface area (TPSA) is 166 Å². The molecule has 6 N–H and O–H groups in total. The van der Waals surface area contributed by atoms with Crippen molar-refractivity contribution >= 4 is 5.97 Å². The molecule has 0 spiro atoms. The van der Waals surface area contributed by atoms with E-state index in [-0.39, 0.29) is 17.1 Å². The van der Waals surface area contributed by atoms with Crippen molar-refractivity contribution in [2.75, 3.05) is 20.8 Å². The molecule has 1 unspecified atom stereocenters. The first-order valence-corrected chi connectivity index (χ1v) is 7.30. The van der Waals surface area contributed by atoms with Crippen molar-refractivity contribution in [2.24, 2.45) is 0 Å². The number of rotatable bonds is 5. The fourth-order valence-electron chi connectivity index (χ4n) is 2.80. The summed E-state index contributed by atoms with van der Waals surface area (Å²) in [5, 5.41) is 59.0. The van der Waals surface area contributed by atoms with Crippen LogP contribution in [0.15, 0.2) is 6.07 Å². The molecule has 0 aromatic heterocycles. The van der Waals surface area contributed by atoms with Crippen molar-refractivity contribution in [3.8, 4) is 17.2 Å². The van der Waals surface area contributed by atoms with Crippen molar-refractivity contribution in [2.45, 2.75) is 30.5 Å². The number of ether oxygens (including phenoxy) is 3. The lowest BCUT2D eigenvalue weighted by atomic mass is 9.88. The molecule has 5 atom stereocenters. The van der Waals surface area contributed by atoms with E-state index >= 15 is 0 Å². The Bertz CT molecular complexity index is 644. The lowest BCUT2D eigenvalue weighted by Gasteiger charge is -2.40. The van der Waals surface area contributed by atoms with Crippen molar-refractivity contribution in [1.29, 1.82) is 0 Å². The Balaban J connectivity index is 2.67. The number of methoxy groups -OCH3 is 2. The summed E-state index contributed by atoms with van der Waals surface area (Å²) in [7, 11) is 2.38. The number of hydrogen-bond donors (Lipinski definition) is 6. The average molecular weight is 360 g/mol. The van der Waals surface area contributed by atoms with Gasteiger partial charge in [0.15, 0.2) is 11.5 Å². The zero-order chi connectivity index (χ0) is 18.9. The third-order valence-corrected chi connectivity index (χ3v) is 4.09. The number of benzene rings is 1. The van der Waals surface area contributed by atoms with E-state index in [9.17, 15) is 35.4 Å². The molecule has 140 valence electrons. The second-order valence-corrected chi connectivity index (χ2v) is 5.48. The molecule has 0 radical (unpaired) electrons. The molecule has 1 aliphatic rings. The van der Waals surface area contributed by atoms with Gasteiger partial charge >= 0.3 is 5.97 Å². The van der Waals surface area contributed by atoms with Crippen LogP contribution in [0.4, 0.5) is 0 Å². The molecule has 1 aromatic rings. The van der Waals surface area contributed by atoms with Crippen LogP contribution in [0.25, 0.3) is 0 Å². The lowest BCUT2D eigenvalue weighted by molar-refractivity contribution is -0.232. The molecular formula is C15H20O10. The Morgan fingerprint density at radius 1 is 1.16 bits per heavy atom. The maximum Gasteiger partial charge on any atom is 0.336 e. The van der Waals surface area contributed by atoms with E-state index in [0.717, 1.165) is 13.2 Å². The second-order valence-electron chi connectivity index (χ2n) is 5.48. The monoisotopic (exact) mass is 360 g/mol. The summed E-state index contributed by atoms with van der Waals surface area (Å²) in [5.74, 6) is -2.46. The highest BCUT2D eigenvalue weighted by Gasteiger charge is 2.46. The Morgan fingerprint density at radius 3 is 2.28 bits per heavy atom. The highest BCUT2D eigenvalue weighted by atomic mass is 16.5. The van der Waals surface area contributed by atoms with Crippen LogP contribution in [-0.2, 0) is 4.74 Å². The van der Waals surface area contributed by atoms with E-state index in [1.54, 1.807) is 0 Å². The van der Waals surface area contributed by atoms with Gasteiger partial charge in [-0.05, 0) is 6.07 Å². The zero-order valence-electron chi connectivity index (χ0n) is 13.5. The fraction of sp³-hybridized carbons (Fsp3) is 0.533. The van der Waals surface area contributed by atoms with E-state index in [4.69, 9.17) is 14.2 Å². The summed E-state index contributed by atoms with van der Waals surface area (Å²) in [6, 6.07) is 1.01. The van der Waals surface area contributed by atoms with Gasteiger partial charge in [0, 0.05) is 5.56 Å². The number of carboxylic acids is 1. The van der Waals surface area contributed by atoms with Gasteiger partial charge in [-0.15, -0.1) is 0 Å². The SMILES string of the molecule is COc1cc(C(=O)O)c(C2O[C@H](CO)[C@@H](O)[C@H](O)[C@H]2O)c(OC)c1O. The van der Waals surface area contributed by atoms with Gasteiger partial charge in [-0.25, -0.2) is 4.79 Å². The van der Waals surface area contributed by atoms with Gasteiger partial charge in [-0.1, -0.05) is 0 Å². The first-order valence-electron chi connectivity index (χ1n) is 7.30. The van der Waals surface area contributed by atoms with Crippen molar-refractivity contribution in [3.05, 3.63) is 17.2 Å². The molecule has 1 heterocycles. The Hall–Kier alpha value is -2.11. The summed E-state index contributed by atoms with van der Waals surface area (Å²) in [6.07, 6.45) is -7.81. The third kappa shape index (κ3) is 3.22. The number of phenolic OH excluding ortho intramolecular Hbond substituents is 1. The number of aromatic hydroxyl groups is 1. The standard InChI is InChI=1S/C15H20O10/c1-23-6-3-5(15(21)22)8(13(24-2)10(6)18)14-12(20)11(19)9(17)7(4-16)25-14/h3,7,9,11-12,14,16-20H,4H2,1-2H3,(H,21,22)/t7-,9-,11+,12-,14?/m1/s1. The van der Waals surface area contributed by atoms with Crippen LogP contribution in [0.5, 0.6) is 17.2 Å². The molecule has 1 fully saturated rings. The number of phenols is 1. The van der Waals surface area contributed by atoms with Gasteiger partial charge in [0.1, 0.15) is 30.5 Å². The van der Waals surface area contributed by atoms with Gasteiger partial charge < -0.3 is 44.8 Å². The maximum atomic E-state index is 11.6. The molecule has 0 saturated carbocycles. The molecular weight excluding hydrogens is 340 g/mol. The maximum absolute atomic E-state index is 11.6. The molecule has 10 heteroatoms. The number of aliphatic hydroxyl groups is 4. The van der Waals surface area contributed by atoms with E-state index in [2.05, 4.69) is 0 Å². The molecule has 1 saturated heterocycles. The molecule has 0 bridgehead atoms. The highest BCUT2D eigenvalue weighted by molar-refractivity contribution is 5.92. The van der Waals surface area contributed by atoms with E-state index in [0.29, 0.717) is 0 Å². The number of hydrogen-bond acceptors (Lipinski definition) is 9. The minimum absolute atomic E-state index is 0.178. The van der Waals surface area contributed by atoms with Crippen molar-refractivity contribution in [1.82, 2.24) is 0 Å². The van der Waals surface area contributed by atoms with Crippen LogP contribution >= 0.6 is 0 Å². The largest absolute Gasteiger partial charge is 0.502 e. The molecule has 0 aliphatic carbocycles. The van der Waals surface area contributed by atoms with Gasteiger partial charge in [-0.2, -0.15) is 0 Å². The summed E-state index contributed by atoms with van der Waals surface area (Å²) < 4.78 is 15.3. The molecule has 0 amide bonds. The smallest absolute Gasteiger partial charge is 0.336 e. The van der Waals surface area contributed by atoms with Gasteiger partial charge in [0.05, 0.1) is 26.4 Å². The molecule has 1 aromatic carbocycles. The first-order chi connectivity index (χ1) is 11.8. The van der Waals surface area contributed by atoms with E-state index in [1.807, 2.05) is 0 Å². The quantitative estimate of drug-likeness (QED) is 0.368. The van der Waals surface area contributed by atoms with Crippen LogP contribution in [0.2, 0.25) is 0 Å². The predicted octanol–water partition coefficient (Wildman–Crippen LogP) is -1.38. The predicted molar refractivity (Wildman–Crippen MR) is 80.9 cm³/mol. The normalized spacial score (nSPS) is 29.3. The van der Waals surface area contributed by atoms with Gasteiger partial charge in [-0.3, -0.25) is 0 Å². The minimum atomic E-state index is -1.74. The second kappa shape index (κ2) is 7.42. The van der Waals surface area contributed by atoms with Crippen LogP contribution in [0.1, 0.15) is 22.0 Å². The van der Waals surface area contributed by atoms with Crippen LogP contribution < -0.4 is 9.47 Å². The number of aliphatic hydroxyl groups excluding tert-OH is 4. The van der Waals surface area contributed by atoms with Gasteiger partial charge in [0.2, 0.25) is 5.75 Å². The molecule has 2 rings (SSSR count). The number of carbonyl (C=O) groups is 1. The lowest BCUT2D eigenvalue weighted by Crippen LogP contribution is -2.55. The summed E-state index contributed by atoms with van der Waals surface area (Å²) in [4.78, 5) is 11.6. The first kappa shape index (κ1) is 19.2. The Labute approximate surface area is 142 Å². The molecule has 10 nitrogen and oxygen atoms in total. The van der Waals surface area contributed by atoms with Crippen molar-refractivity contribution in [3.63, 3.8) is 0 Å². The Morgan fingerprint density at radius 2 is 1.80 bits per heavy atom. The molecule has 1 aliphatic heterocycles. The van der Waals surface area contributed by atoms with Crippen molar-refractivity contribution < 1.29 is 49.6 Å². The van der Waals surface area contributed by atoms with E-state index < -0.39 is 54.4 Å². The van der Waals surface area contributed by atoms with Crippen LogP contribution in [0, 0.1) is 0 Å². The summed E-state index contributed by atoms with van der Waals surface area (Å²) >= 11 is 0. The van der Waals surface area contributed by atoms with E-state index in [1.165, 1.54) is 7.11 Å². The Kier molecular flexibility index (Phi) is 5.70. The summed E-state index contributed by atoms with van der Waals surface area (Å²) in [5.41, 5.74) is -0.666. The third-order valence-electron chi connectivity index (χ3n) is 4.09. The summed E-state index contributed by atoms with van der Waals surface area (Å²) in [6.45, 7) is -0.686. The average Bonchev–Trinajstić information content (AvgIpc) is 2.59. The van der Waals surface area contributed by atoms with Crippen LogP contribution in [0.3, 0.4) is 0 Å². The minimum Gasteiger partial charge on any atom is -0.502 e. The number of aromatic carboxylic acids is 1. The fourth-order valence-corrected chi connectivity index (χ4v) is 2.80. The highest BCUT2D eigenvalue weighted by Crippen LogP contribution is 2.47. The molecule has 25 heavy (non-hydrogen) atoms.